The van der Waals surface area contributed by atoms with Gasteiger partial charge in [0, 0.05) is 47.6 Å². The van der Waals surface area contributed by atoms with E-state index in [1.807, 2.05) is 92.1 Å². The molecule has 1 atom stereocenters. The van der Waals surface area contributed by atoms with E-state index in [1.54, 1.807) is 53.0 Å². The van der Waals surface area contributed by atoms with E-state index < -0.39 is 17.5 Å². The largest absolute Gasteiger partial charge is 0.292 e. The van der Waals surface area contributed by atoms with E-state index in [0.29, 0.717) is 40.6 Å². The quantitative estimate of drug-likeness (QED) is 0.0409. The van der Waals surface area contributed by atoms with Crippen molar-refractivity contribution in [1.29, 1.82) is 0 Å². The Hall–Kier alpha value is -6.37. The fraction of sp³-hybridized carbons (Fsp3) is 0.170. The van der Waals surface area contributed by atoms with Gasteiger partial charge in [-0.05, 0) is 47.9 Å². The van der Waals surface area contributed by atoms with Crippen LogP contribution in [0.5, 0.6) is 0 Å². The van der Waals surface area contributed by atoms with Gasteiger partial charge < -0.3 is 0 Å². The fourth-order valence-electron chi connectivity index (χ4n) is 7.15. The number of nitrogens with zero attached hydrogens (tertiary/aromatic N) is 6. The lowest BCUT2D eigenvalue weighted by atomic mass is 9.81. The zero-order valence-corrected chi connectivity index (χ0v) is 33.8. The van der Waals surface area contributed by atoms with Crippen molar-refractivity contribution in [1.82, 2.24) is 29.7 Å². The fourth-order valence-corrected chi connectivity index (χ4v) is 8.70. The van der Waals surface area contributed by atoms with Crippen molar-refractivity contribution in [2.75, 3.05) is 0 Å². The molecule has 12 heteroatoms. The zero-order valence-electron chi connectivity index (χ0n) is 32.2. The van der Waals surface area contributed by atoms with Crippen LogP contribution in [0.15, 0.2) is 144 Å². The normalized spacial score (nSPS) is 13.9. The van der Waals surface area contributed by atoms with E-state index in [-0.39, 0.29) is 17.3 Å². The highest BCUT2D eigenvalue weighted by molar-refractivity contribution is 7.98. The molecule has 0 aliphatic heterocycles. The predicted octanol–water partition coefficient (Wildman–Crippen LogP) is 8.47. The first-order chi connectivity index (χ1) is 28.8. The van der Waals surface area contributed by atoms with Crippen LogP contribution in [0.4, 0.5) is 0 Å². The molecule has 0 saturated heterocycles. The molecule has 0 spiro atoms. The zero-order chi connectivity index (χ0) is 40.7. The first-order valence-electron chi connectivity index (χ1n) is 19.2. The number of aromatic nitrogens is 6. The van der Waals surface area contributed by atoms with E-state index in [1.165, 1.54) is 17.3 Å². The molecule has 1 unspecified atom stereocenters. The summed E-state index contributed by atoms with van der Waals surface area (Å²) >= 11 is 3.05. The highest BCUT2D eigenvalue weighted by Crippen LogP contribution is 2.36. The van der Waals surface area contributed by atoms with E-state index in [0.717, 1.165) is 57.4 Å². The summed E-state index contributed by atoms with van der Waals surface area (Å²) in [5.74, 6) is -1.19. The van der Waals surface area contributed by atoms with Crippen LogP contribution < -0.4 is 0 Å². The Labute approximate surface area is 350 Å². The molecule has 9 rings (SSSR count). The average molecular weight is 815 g/mol. The molecule has 59 heavy (non-hydrogen) atoms. The van der Waals surface area contributed by atoms with Crippen molar-refractivity contribution < 1.29 is 19.2 Å². The summed E-state index contributed by atoms with van der Waals surface area (Å²) in [7, 11) is 1.88. The Morgan fingerprint density at radius 3 is 1.73 bits per heavy atom. The summed E-state index contributed by atoms with van der Waals surface area (Å²) in [6, 6.07) is 37.9. The summed E-state index contributed by atoms with van der Waals surface area (Å²) in [6.45, 7) is 0. The minimum absolute atomic E-state index is 0.0383. The van der Waals surface area contributed by atoms with Gasteiger partial charge >= 0.3 is 0 Å². The second-order valence-electron chi connectivity index (χ2n) is 14.1. The van der Waals surface area contributed by atoms with Crippen LogP contribution in [-0.4, -0.2) is 52.8 Å². The Morgan fingerprint density at radius 2 is 1.15 bits per heavy atom. The summed E-state index contributed by atoms with van der Waals surface area (Å²) in [4.78, 5) is 69.4. The van der Waals surface area contributed by atoms with Crippen LogP contribution >= 0.6 is 23.5 Å². The molecule has 4 aromatic carbocycles. The predicted molar refractivity (Wildman–Crippen MR) is 227 cm³/mol. The van der Waals surface area contributed by atoms with E-state index in [2.05, 4.69) is 32.2 Å². The number of thioether (sulfide) groups is 2. The molecule has 7 aromatic rings. The minimum atomic E-state index is -0.975. The lowest BCUT2D eigenvalue weighted by molar-refractivity contribution is -0.117. The maximum absolute atomic E-state index is 13.1. The number of carbonyl (C=O) groups excluding carboxylic acids is 4. The number of fused-ring (bicyclic) bond motifs is 4. The number of benzene rings is 4. The van der Waals surface area contributed by atoms with Crippen molar-refractivity contribution in [2.24, 2.45) is 13.0 Å². The first kappa shape index (κ1) is 39.5. The number of hydrogen-bond donors (Lipinski definition) is 0. The number of hydrogen-bond acceptors (Lipinski definition) is 11. The molecule has 2 aliphatic carbocycles. The lowest BCUT2D eigenvalue weighted by Gasteiger charge is -2.21. The van der Waals surface area contributed by atoms with Gasteiger partial charge in [-0.2, -0.15) is 5.10 Å². The maximum atomic E-state index is 13.1. The Kier molecular flexibility index (Phi) is 12.1. The Balaban J connectivity index is 0.000000164. The Morgan fingerprint density at radius 1 is 0.644 bits per heavy atom. The number of aryl methyl sites for hydroxylation is 3. The number of ketones is 4. The standard InChI is InChI=1S/C24H20N4OS.C23H18N2O3S/c1-28-22-19(21(27-28)23(29)17-10-6-3-7-11-17)13-12-18-14-25-24(26-20(18)22)30-15-16-8-4-2-5-9-16;26-20(16-9-5-2-6-10-16)22(28)18-12-11-17-13-24-23(25-19(17)21(18)27)29-14-15-7-3-1-4-8-15/h2-11,14H,12-13,15H2,1H3;1-10,13,18H,11-12,14H2. The van der Waals surface area contributed by atoms with Gasteiger partial charge in [0.1, 0.15) is 11.4 Å². The number of Topliss-reactive ketones (excluding diaryl/α,β-unsaturated/α-hetero) is 3. The second-order valence-corrected chi connectivity index (χ2v) is 16.0. The minimum Gasteiger partial charge on any atom is -0.292 e. The van der Waals surface area contributed by atoms with Gasteiger partial charge in [-0.25, -0.2) is 19.9 Å². The molecule has 3 heterocycles. The van der Waals surface area contributed by atoms with Gasteiger partial charge in [-0.3, -0.25) is 23.9 Å². The topological polar surface area (TPSA) is 138 Å². The van der Waals surface area contributed by atoms with Gasteiger partial charge in [0.15, 0.2) is 16.1 Å². The second kappa shape index (κ2) is 18.0. The summed E-state index contributed by atoms with van der Waals surface area (Å²) in [6.07, 6.45) is 5.97. The summed E-state index contributed by atoms with van der Waals surface area (Å²) in [5, 5.41) is 5.82. The van der Waals surface area contributed by atoms with Crippen molar-refractivity contribution >= 4 is 46.7 Å². The molecule has 2 aliphatic rings. The molecule has 0 amide bonds. The van der Waals surface area contributed by atoms with E-state index in [9.17, 15) is 19.2 Å². The molecule has 0 bridgehead atoms. The van der Waals surface area contributed by atoms with Crippen LogP contribution in [0.3, 0.4) is 0 Å². The summed E-state index contributed by atoms with van der Waals surface area (Å²) < 4.78 is 1.79. The molecular formula is C47H38N6O4S2. The third kappa shape index (κ3) is 8.89. The van der Waals surface area contributed by atoms with Gasteiger partial charge in [0.25, 0.3) is 0 Å². The lowest BCUT2D eigenvalue weighted by Crippen LogP contribution is -2.35. The maximum Gasteiger partial charge on any atom is 0.229 e. The molecule has 292 valence electrons. The smallest absolute Gasteiger partial charge is 0.229 e. The van der Waals surface area contributed by atoms with Crippen LogP contribution in [0.2, 0.25) is 0 Å². The Bertz CT molecular complexity index is 2660. The van der Waals surface area contributed by atoms with Crippen LogP contribution in [0.25, 0.3) is 11.4 Å². The third-order valence-corrected chi connectivity index (χ3v) is 12.1. The molecule has 0 N–H and O–H groups in total. The van der Waals surface area contributed by atoms with Gasteiger partial charge in [-0.1, -0.05) is 145 Å². The van der Waals surface area contributed by atoms with Crippen LogP contribution in [0, 0.1) is 5.92 Å². The monoisotopic (exact) mass is 814 g/mol. The molecule has 0 radical (unpaired) electrons. The number of rotatable bonds is 11. The average Bonchev–Trinajstić information content (AvgIpc) is 3.64. The molecule has 10 nitrogen and oxygen atoms in total. The van der Waals surface area contributed by atoms with Crippen LogP contribution in [-0.2, 0) is 42.6 Å². The highest BCUT2D eigenvalue weighted by atomic mass is 32.2. The molecular weight excluding hydrogens is 777 g/mol. The number of carbonyl (C=O) groups is 4. The van der Waals surface area contributed by atoms with Crippen molar-refractivity contribution in [3.05, 3.63) is 184 Å². The third-order valence-electron chi connectivity index (χ3n) is 10.2. The van der Waals surface area contributed by atoms with Crippen molar-refractivity contribution in [3.63, 3.8) is 0 Å². The highest BCUT2D eigenvalue weighted by Gasteiger charge is 2.37. The first-order valence-corrected chi connectivity index (χ1v) is 21.2. The van der Waals surface area contributed by atoms with Crippen LogP contribution in [0.1, 0.15) is 71.1 Å². The molecule has 0 fully saturated rings. The van der Waals surface area contributed by atoms with Crippen molar-refractivity contribution in [2.45, 2.75) is 47.5 Å². The summed E-state index contributed by atoms with van der Waals surface area (Å²) in [5.41, 5.74) is 8.77. The molecule has 0 saturated carbocycles. The van der Waals surface area contributed by atoms with Gasteiger partial charge in [-0.15, -0.1) is 0 Å². The molecule has 3 aromatic heterocycles. The van der Waals surface area contributed by atoms with Crippen molar-refractivity contribution in [3.8, 4) is 11.4 Å². The van der Waals surface area contributed by atoms with E-state index >= 15 is 0 Å². The van der Waals surface area contributed by atoms with Gasteiger partial charge in [0.2, 0.25) is 17.3 Å². The van der Waals surface area contributed by atoms with E-state index in [4.69, 9.17) is 4.98 Å². The van der Waals surface area contributed by atoms with Gasteiger partial charge in [0.05, 0.1) is 17.3 Å². The SMILES string of the molecule is Cn1nc(C(=O)c2ccccc2)c2c1-c1nc(SCc3ccccc3)ncc1CC2.O=C(C(=O)C1CCc2cnc(SCc3ccccc3)nc2C1=O)c1ccccc1.